The van der Waals surface area contributed by atoms with Gasteiger partial charge in [0.05, 0.1) is 0 Å². The monoisotopic (exact) mass is 304 g/mol. The van der Waals surface area contributed by atoms with Crippen molar-refractivity contribution in [1.29, 1.82) is 0 Å². The third-order valence-corrected chi connectivity index (χ3v) is 3.12. The van der Waals surface area contributed by atoms with Gasteiger partial charge in [0.25, 0.3) is 11.7 Å². The van der Waals surface area contributed by atoms with Gasteiger partial charge in [-0.15, -0.1) is 0 Å². The zero-order valence-electron chi connectivity index (χ0n) is 13.1. The van der Waals surface area contributed by atoms with Crippen molar-refractivity contribution in [2.45, 2.75) is 45.3 Å². The van der Waals surface area contributed by atoms with E-state index in [-0.39, 0.29) is 18.0 Å². The molecule has 7 heteroatoms. The van der Waals surface area contributed by atoms with Crippen LogP contribution >= 0.6 is 0 Å². The van der Waals surface area contributed by atoms with Gasteiger partial charge in [0.15, 0.2) is 0 Å². The van der Waals surface area contributed by atoms with Crippen LogP contribution in [-0.4, -0.2) is 46.0 Å². The van der Waals surface area contributed by atoms with Crippen molar-refractivity contribution in [3.05, 3.63) is 23.5 Å². The first-order valence-corrected chi connectivity index (χ1v) is 7.23. The van der Waals surface area contributed by atoms with E-state index in [2.05, 4.69) is 15.0 Å². The Morgan fingerprint density at radius 1 is 1.32 bits per heavy atom. The smallest absolute Gasteiger partial charge is 0.410 e. The van der Waals surface area contributed by atoms with Gasteiger partial charge in [-0.3, -0.25) is 0 Å². The normalized spacial score (nSPS) is 16.0. The highest BCUT2D eigenvalue weighted by Crippen LogP contribution is 2.19. The van der Waals surface area contributed by atoms with E-state index in [9.17, 15) is 4.79 Å². The minimum atomic E-state index is -0.481. The van der Waals surface area contributed by atoms with Crippen LogP contribution in [0.2, 0.25) is 0 Å². The molecule has 0 atom stereocenters. The third-order valence-electron chi connectivity index (χ3n) is 3.12. The maximum Gasteiger partial charge on any atom is 0.410 e. The summed E-state index contributed by atoms with van der Waals surface area (Å²) in [5.41, 5.74) is -0.481. The standard InChI is InChI=1S/C15H20N4O3/c1-15(2,3)22-14(20)19-9-7-11(8-10-19)21-13-6-5-12(16-4)17-18-13/h5-6,11H,7-10H2,1-3H3. The van der Waals surface area contributed by atoms with Gasteiger partial charge in [-0.1, -0.05) is 6.57 Å². The fourth-order valence-electron chi connectivity index (χ4n) is 2.09. The highest BCUT2D eigenvalue weighted by atomic mass is 16.6. The molecule has 22 heavy (non-hydrogen) atoms. The Balaban J connectivity index is 1.82. The summed E-state index contributed by atoms with van der Waals surface area (Å²) in [6.07, 6.45) is 1.13. The molecule has 0 saturated carbocycles. The molecule has 1 aliphatic heterocycles. The van der Waals surface area contributed by atoms with E-state index in [1.165, 1.54) is 0 Å². The number of hydrogen-bond donors (Lipinski definition) is 0. The van der Waals surface area contributed by atoms with Crippen molar-refractivity contribution in [3.63, 3.8) is 0 Å². The van der Waals surface area contributed by atoms with Gasteiger partial charge in [-0.25, -0.2) is 4.79 Å². The van der Waals surface area contributed by atoms with Crippen LogP contribution in [0.25, 0.3) is 4.85 Å². The van der Waals surface area contributed by atoms with Crippen molar-refractivity contribution in [3.8, 4) is 5.88 Å². The van der Waals surface area contributed by atoms with E-state index in [4.69, 9.17) is 16.0 Å². The van der Waals surface area contributed by atoms with Crippen LogP contribution in [-0.2, 0) is 4.74 Å². The minimum absolute atomic E-state index is 0.00761. The van der Waals surface area contributed by atoms with Gasteiger partial charge < -0.3 is 19.2 Å². The predicted molar refractivity (Wildman–Crippen MR) is 79.8 cm³/mol. The molecule has 7 nitrogen and oxygen atoms in total. The topological polar surface area (TPSA) is 68.9 Å². The van der Waals surface area contributed by atoms with Gasteiger partial charge >= 0.3 is 6.09 Å². The van der Waals surface area contributed by atoms with Crippen molar-refractivity contribution in [2.75, 3.05) is 13.1 Å². The Kier molecular flexibility index (Phi) is 4.81. The molecule has 0 spiro atoms. The molecule has 0 aromatic carbocycles. The maximum absolute atomic E-state index is 12.0. The Morgan fingerprint density at radius 2 is 2.00 bits per heavy atom. The van der Waals surface area contributed by atoms with E-state index >= 15 is 0 Å². The number of aromatic nitrogens is 2. The van der Waals surface area contributed by atoms with E-state index in [1.807, 2.05) is 20.8 Å². The molecule has 1 saturated heterocycles. The van der Waals surface area contributed by atoms with Crippen molar-refractivity contribution >= 4 is 11.9 Å². The highest BCUT2D eigenvalue weighted by Gasteiger charge is 2.27. The summed E-state index contributed by atoms with van der Waals surface area (Å²) in [5, 5.41) is 7.59. The lowest BCUT2D eigenvalue weighted by Crippen LogP contribution is -2.44. The van der Waals surface area contributed by atoms with Crippen molar-refractivity contribution in [1.82, 2.24) is 15.1 Å². The van der Waals surface area contributed by atoms with Crippen molar-refractivity contribution in [2.24, 2.45) is 0 Å². The van der Waals surface area contributed by atoms with Crippen LogP contribution in [0, 0.1) is 6.57 Å². The number of rotatable bonds is 2. The summed E-state index contributed by atoms with van der Waals surface area (Å²) in [6.45, 7) is 13.6. The molecule has 2 heterocycles. The SMILES string of the molecule is [C-]#[N+]c1ccc(OC2CCN(C(=O)OC(C)(C)C)CC2)nn1. The van der Waals surface area contributed by atoms with Crippen LogP contribution < -0.4 is 4.74 Å². The minimum Gasteiger partial charge on any atom is -0.472 e. The summed E-state index contributed by atoms with van der Waals surface area (Å²) in [7, 11) is 0. The second-order valence-corrected chi connectivity index (χ2v) is 6.13. The molecule has 118 valence electrons. The largest absolute Gasteiger partial charge is 0.472 e. The Labute approximate surface area is 130 Å². The third kappa shape index (κ3) is 4.58. The number of likely N-dealkylation sites (tertiary alicyclic amines) is 1. The summed E-state index contributed by atoms with van der Waals surface area (Å²) in [6, 6.07) is 3.21. The Hall–Kier alpha value is -2.36. The summed E-state index contributed by atoms with van der Waals surface area (Å²) < 4.78 is 11.1. The molecule has 0 radical (unpaired) electrons. The molecule has 2 rings (SSSR count). The van der Waals surface area contributed by atoms with E-state index in [0.717, 1.165) is 0 Å². The number of ether oxygens (including phenoxy) is 2. The molecule has 0 aliphatic carbocycles. The first-order valence-electron chi connectivity index (χ1n) is 7.23. The zero-order valence-corrected chi connectivity index (χ0v) is 13.1. The summed E-state index contributed by atoms with van der Waals surface area (Å²) in [4.78, 5) is 16.8. The first-order chi connectivity index (χ1) is 10.4. The molecular formula is C15H20N4O3. The number of piperidine rings is 1. The second kappa shape index (κ2) is 6.60. The number of carbonyl (C=O) groups is 1. The zero-order chi connectivity index (χ0) is 16.2. The van der Waals surface area contributed by atoms with Crippen LogP contribution in [0.4, 0.5) is 10.6 Å². The molecule has 1 aromatic heterocycles. The lowest BCUT2D eigenvalue weighted by molar-refractivity contribution is 0.0122. The molecule has 1 amide bonds. The Morgan fingerprint density at radius 3 is 2.50 bits per heavy atom. The van der Waals surface area contributed by atoms with E-state index in [1.54, 1.807) is 17.0 Å². The molecule has 1 aliphatic rings. The number of hydrogen-bond acceptors (Lipinski definition) is 5. The van der Waals surface area contributed by atoms with Gasteiger partial charge in [-0.05, 0) is 38.0 Å². The van der Waals surface area contributed by atoms with Gasteiger partial charge in [0.2, 0.25) is 0 Å². The molecule has 1 aromatic rings. The summed E-state index contributed by atoms with van der Waals surface area (Å²) in [5.74, 6) is 0.648. The van der Waals surface area contributed by atoms with Gasteiger partial charge in [0, 0.05) is 31.0 Å². The van der Waals surface area contributed by atoms with Gasteiger partial charge in [-0.2, -0.15) is 0 Å². The maximum atomic E-state index is 12.0. The van der Waals surface area contributed by atoms with Crippen molar-refractivity contribution < 1.29 is 14.3 Å². The molecule has 0 unspecified atom stereocenters. The fraction of sp³-hybridized carbons (Fsp3) is 0.600. The quantitative estimate of drug-likeness (QED) is 0.786. The highest BCUT2D eigenvalue weighted by molar-refractivity contribution is 5.68. The molecular weight excluding hydrogens is 284 g/mol. The predicted octanol–water partition coefficient (Wildman–Crippen LogP) is 2.81. The average molecular weight is 304 g/mol. The average Bonchev–Trinajstić information content (AvgIpc) is 2.47. The van der Waals surface area contributed by atoms with E-state index in [0.29, 0.717) is 31.8 Å². The number of nitrogens with zero attached hydrogens (tertiary/aromatic N) is 4. The van der Waals surface area contributed by atoms with Crippen LogP contribution in [0.5, 0.6) is 5.88 Å². The van der Waals surface area contributed by atoms with Crippen LogP contribution in [0.3, 0.4) is 0 Å². The molecule has 0 bridgehead atoms. The number of carbonyl (C=O) groups excluding carboxylic acids is 1. The summed E-state index contributed by atoms with van der Waals surface area (Å²) >= 11 is 0. The van der Waals surface area contributed by atoms with E-state index < -0.39 is 5.60 Å². The fourth-order valence-corrected chi connectivity index (χ4v) is 2.09. The Bertz CT molecular complexity index is 552. The molecule has 0 N–H and O–H groups in total. The number of amides is 1. The second-order valence-electron chi connectivity index (χ2n) is 6.13. The lowest BCUT2D eigenvalue weighted by Gasteiger charge is -2.33. The van der Waals surface area contributed by atoms with Crippen LogP contribution in [0.1, 0.15) is 33.6 Å². The first kappa shape index (κ1) is 16.0. The lowest BCUT2D eigenvalue weighted by atomic mass is 10.1. The van der Waals surface area contributed by atoms with Crippen LogP contribution in [0.15, 0.2) is 12.1 Å². The van der Waals surface area contributed by atoms with Gasteiger partial charge in [0.1, 0.15) is 11.7 Å². The molecule has 1 fully saturated rings.